The summed E-state index contributed by atoms with van der Waals surface area (Å²) in [7, 11) is 0. The molecule has 0 aromatic heterocycles. The molecule has 5 heteroatoms. The largest absolute Gasteiger partial charge is 0.414 e. The Hall–Kier alpha value is -0.290. The van der Waals surface area contributed by atoms with Crippen molar-refractivity contribution in [3.8, 4) is 0 Å². The maximum Gasteiger partial charge on any atom is 0.414 e. The van der Waals surface area contributed by atoms with Crippen LogP contribution in [0.15, 0.2) is 0 Å². The summed E-state index contributed by atoms with van der Waals surface area (Å²) in [6.07, 6.45) is -7.00. The molecule has 0 unspecified atom stereocenters. The molecule has 1 fully saturated rings. The lowest BCUT2D eigenvalue weighted by molar-refractivity contribution is -0.240. The van der Waals surface area contributed by atoms with Crippen molar-refractivity contribution in [1.29, 1.82) is 0 Å². The summed E-state index contributed by atoms with van der Waals surface area (Å²) in [6, 6.07) is 0. The highest BCUT2D eigenvalue weighted by molar-refractivity contribution is 4.76. The van der Waals surface area contributed by atoms with E-state index in [2.05, 4.69) is 4.74 Å². The molecular weight excluding hydrogens is 161 g/mol. The van der Waals surface area contributed by atoms with Gasteiger partial charge in [0.15, 0.2) is 6.10 Å². The first-order valence-corrected chi connectivity index (χ1v) is 3.36. The number of hydrogen-bond acceptors (Lipinski definition) is 2. The van der Waals surface area contributed by atoms with Gasteiger partial charge in [-0.15, -0.1) is 0 Å². The van der Waals surface area contributed by atoms with Gasteiger partial charge in [0.2, 0.25) is 0 Å². The molecule has 11 heavy (non-hydrogen) atoms. The van der Waals surface area contributed by atoms with Crippen molar-refractivity contribution < 1.29 is 23.0 Å². The number of halogens is 3. The summed E-state index contributed by atoms with van der Waals surface area (Å²) in [5.41, 5.74) is 0. The Labute approximate surface area is 62.0 Å². The van der Waals surface area contributed by atoms with Gasteiger partial charge in [-0.1, -0.05) is 0 Å². The molecule has 1 N–H and O–H groups in total. The first-order chi connectivity index (χ1) is 5.00. The number of aliphatic hydroxyl groups is 1. The van der Waals surface area contributed by atoms with E-state index >= 15 is 0 Å². The smallest absolute Gasteiger partial charge is 0.393 e. The zero-order chi connectivity index (χ0) is 8.48. The maximum absolute atomic E-state index is 11.9. The van der Waals surface area contributed by atoms with Crippen molar-refractivity contribution in [3.63, 3.8) is 0 Å². The lowest BCUT2D eigenvalue weighted by atomic mass is 10.1. The first kappa shape index (κ1) is 8.80. The Kier molecular flexibility index (Phi) is 2.39. The number of alkyl halides is 3. The summed E-state index contributed by atoms with van der Waals surface area (Å²) in [5, 5.41) is 8.86. The van der Waals surface area contributed by atoms with Crippen LogP contribution in [0.2, 0.25) is 0 Å². The zero-order valence-corrected chi connectivity index (χ0v) is 5.77. The lowest BCUT2D eigenvalue weighted by Gasteiger charge is -2.27. The number of aliphatic hydroxyl groups excluding tert-OH is 1. The maximum atomic E-state index is 11.9. The summed E-state index contributed by atoms with van der Waals surface area (Å²) < 4.78 is 40.1. The monoisotopic (exact) mass is 170 g/mol. The van der Waals surface area contributed by atoms with Crippen LogP contribution >= 0.6 is 0 Å². The SMILES string of the molecule is O[C@@H]1CCO[C@H](C(F)(F)F)C1. The molecule has 0 aromatic rings. The van der Waals surface area contributed by atoms with Crippen LogP contribution in [0.25, 0.3) is 0 Å². The molecule has 1 aliphatic rings. The van der Waals surface area contributed by atoms with Crippen LogP contribution in [0.1, 0.15) is 12.8 Å². The predicted octanol–water partition coefficient (Wildman–Crippen LogP) is 1.09. The summed E-state index contributed by atoms with van der Waals surface area (Å²) in [5.74, 6) is 0. The first-order valence-electron chi connectivity index (χ1n) is 3.36. The highest BCUT2D eigenvalue weighted by Gasteiger charge is 2.43. The fourth-order valence-electron chi connectivity index (χ4n) is 1.01. The minimum absolute atomic E-state index is 0.00859. The van der Waals surface area contributed by atoms with Crippen molar-refractivity contribution >= 4 is 0 Å². The third kappa shape index (κ3) is 2.34. The van der Waals surface area contributed by atoms with Crippen LogP contribution in [0.4, 0.5) is 13.2 Å². The van der Waals surface area contributed by atoms with Crippen molar-refractivity contribution in [2.45, 2.75) is 31.2 Å². The second-order valence-electron chi connectivity index (χ2n) is 2.58. The highest BCUT2D eigenvalue weighted by Crippen LogP contribution is 2.29. The summed E-state index contributed by atoms with van der Waals surface area (Å²) in [6.45, 7) is -0.00859. The number of ether oxygens (including phenoxy) is 1. The molecule has 0 radical (unpaired) electrons. The summed E-state index contributed by atoms with van der Waals surface area (Å²) >= 11 is 0. The van der Waals surface area contributed by atoms with Crippen molar-refractivity contribution in [3.05, 3.63) is 0 Å². The van der Waals surface area contributed by atoms with Gasteiger partial charge in [0, 0.05) is 13.0 Å². The molecular formula is C6H9F3O2. The molecule has 1 rings (SSSR count). The molecule has 0 aliphatic carbocycles. The van der Waals surface area contributed by atoms with Crippen LogP contribution < -0.4 is 0 Å². The van der Waals surface area contributed by atoms with Gasteiger partial charge in [0.25, 0.3) is 0 Å². The molecule has 0 saturated carbocycles. The van der Waals surface area contributed by atoms with Crippen LogP contribution in [0.5, 0.6) is 0 Å². The van der Waals surface area contributed by atoms with Crippen LogP contribution in [0, 0.1) is 0 Å². The summed E-state index contributed by atoms with van der Waals surface area (Å²) in [4.78, 5) is 0. The minimum Gasteiger partial charge on any atom is -0.393 e. The molecule has 1 heterocycles. The van der Waals surface area contributed by atoms with E-state index in [1.54, 1.807) is 0 Å². The van der Waals surface area contributed by atoms with Crippen LogP contribution in [-0.2, 0) is 4.74 Å². The fourth-order valence-corrected chi connectivity index (χ4v) is 1.01. The van der Waals surface area contributed by atoms with Crippen molar-refractivity contribution in [2.24, 2.45) is 0 Å². The lowest BCUT2D eigenvalue weighted by Crippen LogP contribution is -2.39. The molecule has 2 nitrogen and oxygen atoms in total. The van der Waals surface area contributed by atoms with E-state index in [1.807, 2.05) is 0 Å². The van der Waals surface area contributed by atoms with Crippen molar-refractivity contribution in [2.75, 3.05) is 6.61 Å². The minimum atomic E-state index is -4.33. The number of rotatable bonds is 0. The van der Waals surface area contributed by atoms with Gasteiger partial charge in [-0.3, -0.25) is 0 Å². The van der Waals surface area contributed by atoms with E-state index in [-0.39, 0.29) is 13.0 Å². The standard InChI is InChI=1S/C6H9F3O2/c7-6(8,9)5-3-4(10)1-2-11-5/h4-5,10H,1-3H2/t4-,5+/m1/s1. The van der Waals surface area contributed by atoms with Crippen molar-refractivity contribution in [1.82, 2.24) is 0 Å². The van der Waals surface area contributed by atoms with Gasteiger partial charge < -0.3 is 9.84 Å². The van der Waals surface area contributed by atoms with E-state index in [9.17, 15) is 13.2 Å². The highest BCUT2D eigenvalue weighted by atomic mass is 19.4. The molecule has 0 bridgehead atoms. The zero-order valence-electron chi connectivity index (χ0n) is 5.77. The van der Waals surface area contributed by atoms with E-state index in [0.29, 0.717) is 6.42 Å². The van der Waals surface area contributed by atoms with Gasteiger partial charge in [-0.2, -0.15) is 13.2 Å². The second-order valence-corrected chi connectivity index (χ2v) is 2.58. The molecule has 0 amide bonds. The average Bonchev–Trinajstić information content (AvgIpc) is 1.86. The Morgan fingerprint density at radius 2 is 2.00 bits per heavy atom. The third-order valence-corrected chi connectivity index (χ3v) is 1.62. The third-order valence-electron chi connectivity index (χ3n) is 1.62. The normalized spacial score (nSPS) is 33.8. The van der Waals surface area contributed by atoms with E-state index in [4.69, 9.17) is 5.11 Å². The molecule has 2 atom stereocenters. The van der Waals surface area contributed by atoms with Crippen LogP contribution in [-0.4, -0.2) is 30.1 Å². The van der Waals surface area contributed by atoms with Gasteiger partial charge >= 0.3 is 6.18 Å². The Balaban J connectivity index is 2.46. The topological polar surface area (TPSA) is 29.5 Å². The van der Waals surface area contributed by atoms with E-state index in [0.717, 1.165) is 0 Å². The molecule has 1 saturated heterocycles. The number of hydrogen-bond donors (Lipinski definition) is 1. The predicted molar refractivity (Wildman–Crippen MR) is 31.0 cm³/mol. The van der Waals surface area contributed by atoms with E-state index in [1.165, 1.54) is 0 Å². The molecule has 0 aromatic carbocycles. The van der Waals surface area contributed by atoms with E-state index < -0.39 is 18.4 Å². The molecule has 0 spiro atoms. The average molecular weight is 170 g/mol. The Bertz CT molecular complexity index is 134. The van der Waals surface area contributed by atoms with Gasteiger partial charge in [0.1, 0.15) is 0 Å². The van der Waals surface area contributed by atoms with Gasteiger partial charge in [-0.05, 0) is 6.42 Å². The van der Waals surface area contributed by atoms with Gasteiger partial charge in [-0.25, -0.2) is 0 Å². The Morgan fingerprint density at radius 3 is 2.36 bits per heavy atom. The molecule has 66 valence electrons. The molecule has 1 aliphatic heterocycles. The Morgan fingerprint density at radius 1 is 1.36 bits per heavy atom. The quantitative estimate of drug-likeness (QED) is 0.589. The second kappa shape index (κ2) is 2.98. The van der Waals surface area contributed by atoms with Crippen LogP contribution in [0.3, 0.4) is 0 Å². The fraction of sp³-hybridized carbons (Fsp3) is 1.00. The van der Waals surface area contributed by atoms with Gasteiger partial charge in [0.05, 0.1) is 6.10 Å².